The van der Waals surface area contributed by atoms with Gasteiger partial charge < -0.3 is 5.32 Å². The minimum atomic E-state index is -3.59. The Morgan fingerprint density at radius 3 is 2.52 bits per heavy atom. The average Bonchev–Trinajstić information content (AvgIpc) is 2.87. The summed E-state index contributed by atoms with van der Waals surface area (Å²) >= 11 is 1.58. The minimum absolute atomic E-state index is 0.0691. The molecule has 0 unspecified atom stereocenters. The molecule has 1 fully saturated rings. The Kier molecular flexibility index (Phi) is 5.96. The molecule has 2 heterocycles. The van der Waals surface area contributed by atoms with Gasteiger partial charge in [-0.15, -0.1) is 11.8 Å². The summed E-state index contributed by atoms with van der Waals surface area (Å²) in [4.78, 5) is 15.6. The lowest BCUT2D eigenvalue weighted by atomic mass is 10.2. The Balaban J connectivity index is 1.46. The predicted molar refractivity (Wildman–Crippen MR) is 115 cm³/mol. The number of sulfonamides is 1. The molecule has 8 heteroatoms. The number of rotatable bonds is 4. The number of benzene rings is 2. The molecular formula is C21H25N3O3S2. The van der Waals surface area contributed by atoms with Gasteiger partial charge in [0.05, 0.1) is 10.6 Å². The fourth-order valence-electron chi connectivity index (χ4n) is 3.56. The molecule has 1 amide bonds. The lowest BCUT2D eigenvalue weighted by Crippen LogP contribution is -2.48. The van der Waals surface area contributed by atoms with Gasteiger partial charge in [-0.2, -0.15) is 4.31 Å². The maximum atomic E-state index is 13.2. The number of anilines is 1. The number of fused-ring (bicyclic) bond motifs is 1. The van der Waals surface area contributed by atoms with Crippen molar-refractivity contribution in [3.8, 4) is 0 Å². The van der Waals surface area contributed by atoms with Crippen molar-refractivity contribution < 1.29 is 13.2 Å². The molecule has 29 heavy (non-hydrogen) atoms. The number of piperazine rings is 1. The highest BCUT2D eigenvalue weighted by Gasteiger charge is 2.30. The second-order valence-corrected chi connectivity index (χ2v) is 10.5. The molecule has 2 aromatic rings. The zero-order valence-corrected chi connectivity index (χ0v) is 18.0. The number of carbonyl (C=O) groups excluding carboxylic acids is 1. The topological polar surface area (TPSA) is 69.7 Å². The van der Waals surface area contributed by atoms with Crippen LogP contribution in [0.2, 0.25) is 0 Å². The summed E-state index contributed by atoms with van der Waals surface area (Å²) in [5, 5.41) is 2.87. The van der Waals surface area contributed by atoms with Crippen LogP contribution in [0.3, 0.4) is 0 Å². The van der Waals surface area contributed by atoms with Crippen molar-refractivity contribution in [1.29, 1.82) is 0 Å². The number of hydrogen-bond acceptors (Lipinski definition) is 5. The van der Waals surface area contributed by atoms with Gasteiger partial charge in [-0.05, 0) is 23.8 Å². The highest BCUT2D eigenvalue weighted by atomic mass is 32.2. The van der Waals surface area contributed by atoms with Crippen LogP contribution in [0.5, 0.6) is 0 Å². The van der Waals surface area contributed by atoms with Crippen LogP contribution in [0.1, 0.15) is 12.5 Å². The lowest BCUT2D eigenvalue weighted by Gasteiger charge is -2.34. The molecular weight excluding hydrogens is 406 g/mol. The zero-order valence-electron chi connectivity index (χ0n) is 16.4. The molecule has 0 saturated carbocycles. The fourth-order valence-corrected chi connectivity index (χ4v) is 6.02. The molecule has 0 radical (unpaired) electrons. The molecule has 6 nitrogen and oxygen atoms in total. The van der Waals surface area contributed by atoms with Crippen molar-refractivity contribution in [2.24, 2.45) is 5.92 Å². The summed E-state index contributed by atoms with van der Waals surface area (Å²) in [6, 6.07) is 15.3. The molecule has 0 aliphatic carbocycles. The molecule has 1 atom stereocenters. The first kappa shape index (κ1) is 20.4. The standard InChI is InChI=1S/C21H25N3O3S2/c1-16-15-28-20-8-7-18(13-19(20)22-21(16)25)29(26,27)24-11-9-23(10-12-24)14-17-5-3-2-4-6-17/h2-8,13,16H,9-12,14-15H2,1H3,(H,22,25)/t16-/m0/s1. The number of amides is 1. The first-order valence-electron chi connectivity index (χ1n) is 9.77. The van der Waals surface area contributed by atoms with E-state index in [-0.39, 0.29) is 16.7 Å². The molecule has 1 saturated heterocycles. The third-order valence-corrected chi connectivity index (χ3v) is 8.59. The number of hydrogen-bond donors (Lipinski definition) is 1. The van der Waals surface area contributed by atoms with Crippen molar-refractivity contribution in [3.05, 3.63) is 54.1 Å². The molecule has 0 bridgehead atoms. The Bertz CT molecular complexity index is 987. The molecule has 2 aromatic carbocycles. The predicted octanol–water partition coefficient (Wildman–Crippen LogP) is 2.87. The van der Waals surface area contributed by atoms with E-state index in [9.17, 15) is 13.2 Å². The maximum Gasteiger partial charge on any atom is 0.243 e. The van der Waals surface area contributed by atoms with E-state index < -0.39 is 10.0 Å². The van der Waals surface area contributed by atoms with Gasteiger partial charge in [0.15, 0.2) is 0 Å². The van der Waals surface area contributed by atoms with Gasteiger partial charge in [0.25, 0.3) is 0 Å². The molecule has 154 valence electrons. The normalized spacial score (nSPS) is 21.3. The monoisotopic (exact) mass is 431 g/mol. The number of nitrogens with one attached hydrogen (secondary N) is 1. The number of nitrogens with zero attached hydrogens (tertiary/aromatic N) is 2. The second kappa shape index (κ2) is 8.47. The van der Waals surface area contributed by atoms with Crippen molar-refractivity contribution in [3.63, 3.8) is 0 Å². The molecule has 2 aliphatic rings. The van der Waals surface area contributed by atoms with Crippen molar-refractivity contribution in [1.82, 2.24) is 9.21 Å². The summed E-state index contributed by atoms with van der Waals surface area (Å²) in [5.74, 6) is 0.513. The van der Waals surface area contributed by atoms with Gasteiger partial charge in [0.2, 0.25) is 15.9 Å². The Labute approximate surface area is 176 Å². The first-order chi connectivity index (χ1) is 13.9. The molecule has 4 rings (SSSR count). The molecule has 1 N–H and O–H groups in total. The molecule has 0 spiro atoms. The summed E-state index contributed by atoms with van der Waals surface area (Å²) in [7, 11) is -3.59. The summed E-state index contributed by atoms with van der Waals surface area (Å²) in [6.45, 7) is 5.02. The van der Waals surface area contributed by atoms with Gasteiger partial charge in [-0.25, -0.2) is 8.42 Å². The van der Waals surface area contributed by atoms with E-state index in [0.717, 1.165) is 11.4 Å². The lowest BCUT2D eigenvalue weighted by molar-refractivity contribution is -0.118. The van der Waals surface area contributed by atoms with E-state index in [0.29, 0.717) is 37.6 Å². The minimum Gasteiger partial charge on any atom is -0.325 e. The second-order valence-electron chi connectivity index (χ2n) is 7.53. The van der Waals surface area contributed by atoms with Crippen LogP contribution in [0, 0.1) is 5.92 Å². The van der Waals surface area contributed by atoms with Gasteiger partial charge in [0, 0.05) is 49.3 Å². The first-order valence-corrected chi connectivity index (χ1v) is 12.2. The van der Waals surface area contributed by atoms with Crippen molar-refractivity contribution in [2.45, 2.75) is 23.3 Å². The van der Waals surface area contributed by atoms with Crippen molar-refractivity contribution >= 4 is 33.4 Å². The SMILES string of the molecule is C[C@H]1CSc2ccc(S(=O)(=O)N3CCN(Cc4ccccc4)CC3)cc2NC1=O. The van der Waals surface area contributed by atoms with Gasteiger partial charge in [0.1, 0.15) is 0 Å². The highest BCUT2D eigenvalue weighted by Crippen LogP contribution is 2.34. The van der Waals surface area contributed by atoms with Crippen LogP contribution in [-0.4, -0.2) is 55.5 Å². The Hall–Kier alpha value is -1.87. The zero-order chi connectivity index (χ0) is 20.4. The third-order valence-electron chi connectivity index (χ3n) is 5.36. The Morgan fingerprint density at radius 1 is 1.07 bits per heavy atom. The van der Waals surface area contributed by atoms with Crippen LogP contribution in [0.15, 0.2) is 58.3 Å². The van der Waals surface area contributed by atoms with E-state index in [1.807, 2.05) is 25.1 Å². The molecule has 2 aliphatic heterocycles. The van der Waals surface area contributed by atoms with Crippen LogP contribution in [-0.2, 0) is 21.4 Å². The van der Waals surface area contributed by atoms with E-state index in [1.54, 1.807) is 34.3 Å². The van der Waals surface area contributed by atoms with Crippen LogP contribution in [0.4, 0.5) is 5.69 Å². The summed E-state index contributed by atoms with van der Waals surface area (Å²) < 4.78 is 27.9. The van der Waals surface area contributed by atoms with Crippen LogP contribution in [0.25, 0.3) is 0 Å². The Morgan fingerprint density at radius 2 is 1.79 bits per heavy atom. The van der Waals surface area contributed by atoms with E-state index in [1.165, 1.54) is 5.56 Å². The van der Waals surface area contributed by atoms with E-state index in [4.69, 9.17) is 0 Å². The average molecular weight is 432 g/mol. The largest absolute Gasteiger partial charge is 0.325 e. The highest BCUT2D eigenvalue weighted by molar-refractivity contribution is 7.99. The van der Waals surface area contributed by atoms with Crippen LogP contribution < -0.4 is 5.32 Å². The van der Waals surface area contributed by atoms with Gasteiger partial charge in [-0.1, -0.05) is 37.3 Å². The molecule has 0 aromatic heterocycles. The van der Waals surface area contributed by atoms with Gasteiger partial charge in [-0.3, -0.25) is 9.69 Å². The van der Waals surface area contributed by atoms with Crippen LogP contribution >= 0.6 is 11.8 Å². The van der Waals surface area contributed by atoms with Gasteiger partial charge >= 0.3 is 0 Å². The van der Waals surface area contributed by atoms with Crippen molar-refractivity contribution in [2.75, 3.05) is 37.2 Å². The van der Waals surface area contributed by atoms with E-state index in [2.05, 4.69) is 22.3 Å². The number of carbonyl (C=O) groups is 1. The fraction of sp³-hybridized carbons (Fsp3) is 0.381. The smallest absolute Gasteiger partial charge is 0.243 e. The number of thioether (sulfide) groups is 1. The quantitative estimate of drug-likeness (QED) is 0.806. The summed E-state index contributed by atoms with van der Waals surface area (Å²) in [6.07, 6.45) is 0. The third kappa shape index (κ3) is 4.50. The summed E-state index contributed by atoms with van der Waals surface area (Å²) in [5.41, 5.74) is 1.82. The maximum absolute atomic E-state index is 13.2. The van der Waals surface area contributed by atoms with E-state index >= 15 is 0 Å².